The van der Waals surface area contributed by atoms with Crippen LogP contribution in [-0.4, -0.2) is 35.0 Å². The molecule has 1 aliphatic carbocycles. The number of amides is 1. The molecular weight excluding hydrogens is 372 g/mol. The molecule has 3 atom stereocenters. The summed E-state index contributed by atoms with van der Waals surface area (Å²) in [5, 5.41) is 14.7. The largest absolute Gasteiger partial charge is 0.372 e. The predicted octanol–water partition coefficient (Wildman–Crippen LogP) is 3.17. The molecule has 1 heterocycles. The maximum Gasteiger partial charge on any atom is 0.261 e. The molecular formula is C26H26N2O2. The quantitative estimate of drug-likeness (QED) is 0.671. The second kappa shape index (κ2) is 7.71. The van der Waals surface area contributed by atoms with Gasteiger partial charge in [0.1, 0.15) is 0 Å². The number of benzene rings is 3. The number of nitrogens with zero attached hydrogens (tertiary/aromatic N) is 1. The monoisotopic (exact) mass is 398 g/mol. The minimum atomic E-state index is -1.69. The molecule has 3 aromatic rings. The van der Waals surface area contributed by atoms with Crippen LogP contribution in [0.4, 0.5) is 0 Å². The van der Waals surface area contributed by atoms with Gasteiger partial charge in [-0.15, -0.1) is 0 Å². The van der Waals surface area contributed by atoms with E-state index in [0.717, 1.165) is 19.6 Å². The Bertz CT molecular complexity index is 955. The Morgan fingerprint density at radius 3 is 1.80 bits per heavy atom. The number of aliphatic hydroxyl groups is 1. The van der Waals surface area contributed by atoms with Gasteiger partial charge >= 0.3 is 0 Å². The molecule has 0 radical (unpaired) electrons. The molecule has 2 aliphatic rings. The molecule has 4 nitrogen and oxygen atoms in total. The molecule has 0 aromatic heterocycles. The fourth-order valence-corrected chi connectivity index (χ4v) is 4.84. The molecule has 3 aromatic carbocycles. The Labute approximate surface area is 177 Å². The molecule has 1 saturated heterocycles. The van der Waals surface area contributed by atoms with Crippen LogP contribution in [0.25, 0.3) is 0 Å². The summed E-state index contributed by atoms with van der Waals surface area (Å²) in [6, 6.07) is 29.0. The molecule has 1 aliphatic heterocycles. The fraction of sp³-hybridized carbons (Fsp3) is 0.269. The van der Waals surface area contributed by atoms with Gasteiger partial charge in [0, 0.05) is 25.7 Å². The average Bonchev–Trinajstić information content (AvgIpc) is 3.24. The molecule has 1 amide bonds. The van der Waals surface area contributed by atoms with Crippen molar-refractivity contribution in [3.8, 4) is 0 Å². The fourth-order valence-electron chi connectivity index (χ4n) is 4.84. The summed E-state index contributed by atoms with van der Waals surface area (Å²) in [6.45, 7) is 2.92. The summed E-state index contributed by atoms with van der Waals surface area (Å²) in [7, 11) is 0. The number of rotatable bonds is 6. The zero-order valence-electron chi connectivity index (χ0n) is 16.8. The van der Waals surface area contributed by atoms with Crippen molar-refractivity contribution in [2.45, 2.75) is 18.2 Å². The number of carbonyl (C=O) groups excluding carboxylic acids is 1. The van der Waals surface area contributed by atoms with E-state index in [1.54, 1.807) is 0 Å². The zero-order chi connectivity index (χ0) is 20.6. The second-order valence-electron chi connectivity index (χ2n) is 8.45. The van der Waals surface area contributed by atoms with Crippen LogP contribution in [-0.2, 0) is 16.9 Å². The minimum absolute atomic E-state index is 0.142. The highest BCUT2D eigenvalue weighted by molar-refractivity contribution is 5.90. The summed E-state index contributed by atoms with van der Waals surface area (Å²) >= 11 is 0. The minimum Gasteiger partial charge on any atom is -0.372 e. The highest BCUT2D eigenvalue weighted by atomic mass is 16.3. The number of hydrogen-bond donors (Lipinski definition) is 2. The first kappa shape index (κ1) is 19.0. The van der Waals surface area contributed by atoms with Crippen LogP contribution in [0.2, 0.25) is 0 Å². The maximum absolute atomic E-state index is 13.3. The number of fused-ring (bicyclic) bond motifs is 1. The van der Waals surface area contributed by atoms with Crippen LogP contribution in [0, 0.1) is 11.8 Å². The van der Waals surface area contributed by atoms with E-state index < -0.39 is 5.60 Å². The van der Waals surface area contributed by atoms with Gasteiger partial charge in [-0.05, 0) is 28.5 Å². The van der Waals surface area contributed by atoms with E-state index >= 15 is 0 Å². The van der Waals surface area contributed by atoms with Gasteiger partial charge in [-0.3, -0.25) is 9.69 Å². The lowest BCUT2D eigenvalue weighted by Gasteiger charge is -2.29. The van der Waals surface area contributed by atoms with Crippen molar-refractivity contribution < 1.29 is 9.90 Å². The predicted molar refractivity (Wildman–Crippen MR) is 117 cm³/mol. The van der Waals surface area contributed by atoms with Gasteiger partial charge < -0.3 is 10.4 Å². The van der Waals surface area contributed by atoms with Crippen LogP contribution in [0.5, 0.6) is 0 Å². The van der Waals surface area contributed by atoms with E-state index in [-0.39, 0.29) is 11.9 Å². The van der Waals surface area contributed by atoms with Gasteiger partial charge in [0.05, 0.1) is 0 Å². The number of nitrogens with one attached hydrogen (secondary N) is 1. The molecule has 5 rings (SSSR count). The molecule has 30 heavy (non-hydrogen) atoms. The van der Waals surface area contributed by atoms with E-state index in [0.29, 0.717) is 23.0 Å². The van der Waals surface area contributed by atoms with Crippen molar-refractivity contribution in [3.63, 3.8) is 0 Å². The van der Waals surface area contributed by atoms with E-state index in [9.17, 15) is 9.90 Å². The lowest BCUT2D eigenvalue weighted by molar-refractivity contribution is -0.137. The second-order valence-corrected chi connectivity index (χ2v) is 8.45. The van der Waals surface area contributed by atoms with E-state index in [2.05, 4.69) is 34.5 Å². The number of carbonyl (C=O) groups is 1. The highest BCUT2D eigenvalue weighted by Crippen LogP contribution is 2.46. The number of hydrogen-bond acceptors (Lipinski definition) is 3. The summed E-state index contributed by atoms with van der Waals surface area (Å²) in [5.41, 5.74) is 0.806. The van der Waals surface area contributed by atoms with Crippen LogP contribution < -0.4 is 5.32 Å². The maximum atomic E-state index is 13.3. The Kier molecular flexibility index (Phi) is 4.89. The lowest BCUT2D eigenvalue weighted by atomic mass is 9.85. The smallest absolute Gasteiger partial charge is 0.261 e. The molecule has 0 bridgehead atoms. The van der Waals surface area contributed by atoms with Crippen molar-refractivity contribution in [3.05, 3.63) is 108 Å². The first-order chi connectivity index (χ1) is 14.7. The molecule has 1 saturated carbocycles. The van der Waals surface area contributed by atoms with Gasteiger partial charge in [-0.25, -0.2) is 0 Å². The van der Waals surface area contributed by atoms with Crippen LogP contribution >= 0.6 is 0 Å². The van der Waals surface area contributed by atoms with Crippen molar-refractivity contribution in [2.75, 3.05) is 13.1 Å². The third-order valence-corrected chi connectivity index (χ3v) is 6.53. The average molecular weight is 399 g/mol. The van der Waals surface area contributed by atoms with Crippen molar-refractivity contribution in [2.24, 2.45) is 11.8 Å². The third kappa shape index (κ3) is 3.42. The summed E-state index contributed by atoms with van der Waals surface area (Å²) in [4.78, 5) is 15.8. The summed E-state index contributed by atoms with van der Waals surface area (Å²) < 4.78 is 0. The Morgan fingerprint density at radius 1 is 0.833 bits per heavy atom. The number of likely N-dealkylation sites (tertiary alicyclic amines) is 1. The molecule has 0 spiro atoms. The topological polar surface area (TPSA) is 52.6 Å². The van der Waals surface area contributed by atoms with Gasteiger partial charge in [-0.1, -0.05) is 91.0 Å². The van der Waals surface area contributed by atoms with E-state index in [4.69, 9.17) is 0 Å². The molecule has 152 valence electrons. The van der Waals surface area contributed by atoms with Gasteiger partial charge in [-0.2, -0.15) is 0 Å². The van der Waals surface area contributed by atoms with Crippen LogP contribution in [0.15, 0.2) is 91.0 Å². The van der Waals surface area contributed by atoms with Gasteiger partial charge in [0.2, 0.25) is 0 Å². The first-order valence-electron chi connectivity index (χ1n) is 10.6. The first-order valence-corrected chi connectivity index (χ1v) is 10.6. The van der Waals surface area contributed by atoms with Gasteiger partial charge in [0.15, 0.2) is 5.60 Å². The molecule has 4 heteroatoms. The summed E-state index contributed by atoms with van der Waals surface area (Å²) in [5.74, 6) is 0.593. The highest BCUT2D eigenvalue weighted by Gasteiger charge is 2.57. The molecule has 2 fully saturated rings. The normalized spacial score (nSPS) is 23.0. The Hall–Kier alpha value is -2.95. The molecule has 2 N–H and O–H groups in total. The van der Waals surface area contributed by atoms with Crippen LogP contribution in [0.1, 0.15) is 16.7 Å². The van der Waals surface area contributed by atoms with Crippen LogP contribution in [0.3, 0.4) is 0 Å². The zero-order valence-corrected chi connectivity index (χ0v) is 16.8. The van der Waals surface area contributed by atoms with Crippen molar-refractivity contribution in [1.82, 2.24) is 10.2 Å². The Balaban J connectivity index is 1.28. The summed E-state index contributed by atoms with van der Waals surface area (Å²) in [6.07, 6.45) is 0. The standard InChI is InChI=1S/C26H26N2O2/c29-25(26(30,20-12-6-2-7-13-20)21-14-8-3-9-15-21)27-24-22-17-28(18-23(22)24)16-19-10-4-1-5-11-19/h1-15,22-24,30H,16-18H2,(H,27,29)/t22-,23+,24+. The van der Waals surface area contributed by atoms with Crippen molar-refractivity contribution >= 4 is 5.91 Å². The lowest BCUT2D eigenvalue weighted by Crippen LogP contribution is -2.47. The third-order valence-electron chi connectivity index (χ3n) is 6.53. The SMILES string of the molecule is O=C(N[C@H]1[C@@H]2CN(Cc3ccccc3)C[C@@H]21)C(O)(c1ccccc1)c1ccccc1. The van der Waals surface area contributed by atoms with Gasteiger partial charge in [0.25, 0.3) is 5.91 Å². The number of piperidine rings is 1. The molecule has 0 unspecified atom stereocenters. The van der Waals surface area contributed by atoms with E-state index in [1.807, 2.05) is 66.7 Å². The van der Waals surface area contributed by atoms with Crippen molar-refractivity contribution in [1.29, 1.82) is 0 Å². The van der Waals surface area contributed by atoms with E-state index in [1.165, 1.54) is 5.56 Å². The Morgan fingerprint density at radius 2 is 1.30 bits per heavy atom.